The lowest BCUT2D eigenvalue weighted by Crippen LogP contribution is -2.34. The standard InChI is InChI=1S/C27H22F2N4O2S/c1-17-14-18(2)33(31-17)13-12-32(27-30-25-23(29)15-20(28)16-24(25)36-27)26(34)19-8-10-22(11-9-19)35-21-6-4-3-5-7-21/h3-11,14-16H,12-13H2,1-2H3. The van der Waals surface area contributed by atoms with Gasteiger partial charge >= 0.3 is 0 Å². The number of aryl methyl sites for hydroxylation is 2. The molecule has 5 aromatic rings. The van der Waals surface area contributed by atoms with E-state index in [0.717, 1.165) is 28.8 Å². The van der Waals surface area contributed by atoms with E-state index >= 15 is 0 Å². The van der Waals surface area contributed by atoms with Crippen molar-refractivity contribution in [2.24, 2.45) is 0 Å². The Labute approximate surface area is 210 Å². The number of para-hydroxylation sites is 1. The summed E-state index contributed by atoms with van der Waals surface area (Å²) in [5.41, 5.74) is 2.28. The van der Waals surface area contributed by atoms with Gasteiger partial charge in [-0.25, -0.2) is 13.8 Å². The summed E-state index contributed by atoms with van der Waals surface area (Å²) in [6.45, 7) is 4.49. The van der Waals surface area contributed by atoms with Gasteiger partial charge in [-0.15, -0.1) is 0 Å². The van der Waals surface area contributed by atoms with Crippen LogP contribution < -0.4 is 9.64 Å². The van der Waals surface area contributed by atoms with Gasteiger partial charge in [-0.2, -0.15) is 5.10 Å². The van der Waals surface area contributed by atoms with Gasteiger partial charge in [0.15, 0.2) is 10.9 Å². The lowest BCUT2D eigenvalue weighted by Gasteiger charge is -2.20. The summed E-state index contributed by atoms with van der Waals surface area (Å²) >= 11 is 1.07. The minimum atomic E-state index is -0.763. The topological polar surface area (TPSA) is 60.2 Å². The van der Waals surface area contributed by atoms with Crippen LogP contribution in [0.2, 0.25) is 0 Å². The molecule has 0 aliphatic carbocycles. The van der Waals surface area contributed by atoms with Crippen molar-refractivity contribution in [3.8, 4) is 11.5 Å². The summed E-state index contributed by atoms with van der Waals surface area (Å²) in [6.07, 6.45) is 0. The Balaban J connectivity index is 1.45. The first-order valence-corrected chi connectivity index (χ1v) is 12.1. The first-order valence-electron chi connectivity index (χ1n) is 11.3. The fraction of sp³-hybridized carbons (Fsp3) is 0.148. The molecule has 0 aliphatic heterocycles. The molecule has 36 heavy (non-hydrogen) atoms. The van der Waals surface area contributed by atoms with Crippen molar-refractivity contribution in [1.82, 2.24) is 14.8 Å². The molecule has 182 valence electrons. The predicted molar refractivity (Wildman–Crippen MR) is 136 cm³/mol. The zero-order valence-corrected chi connectivity index (χ0v) is 20.4. The third-order valence-corrected chi connectivity index (χ3v) is 6.62. The maximum absolute atomic E-state index is 14.4. The third kappa shape index (κ3) is 4.96. The van der Waals surface area contributed by atoms with E-state index in [1.807, 2.05) is 50.2 Å². The van der Waals surface area contributed by atoms with Gasteiger partial charge in [0.2, 0.25) is 0 Å². The highest BCUT2D eigenvalue weighted by molar-refractivity contribution is 7.22. The van der Waals surface area contributed by atoms with E-state index in [2.05, 4.69) is 10.1 Å². The highest BCUT2D eigenvalue weighted by Crippen LogP contribution is 2.32. The zero-order chi connectivity index (χ0) is 25.2. The van der Waals surface area contributed by atoms with E-state index in [1.165, 1.54) is 11.0 Å². The molecular weight excluding hydrogens is 482 g/mol. The van der Waals surface area contributed by atoms with E-state index in [1.54, 1.807) is 28.9 Å². The van der Waals surface area contributed by atoms with Crippen molar-refractivity contribution in [2.75, 3.05) is 11.4 Å². The molecule has 0 saturated heterocycles. The van der Waals surface area contributed by atoms with Crippen LogP contribution in [-0.2, 0) is 6.54 Å². The largest absolute Gasteiger partial charge is 0.457 e. The van der Waals surface area contributed by atoms with Crippen molar-refractivity contribution >= 4 is 32.6 Å². The first-order chi connectivity index (χ1) is 17.4. The van der Waals surface area contributed by atoms with Gasteiger partial charge in [0.1, 0.15) is 22.8 Å². The van der Waals surface area contributed by atoms with Crippen LogP contribution in [0.4, 0.5) is 13.9 Å². The molecule has 0 unspecified atom stereocenters. The number of thiazole rings is 1. The van der Waals surface area contributed by atoms with Crippen molar-refractivity contribution in [1.29, 1.82) is 0 Å². The molecule has 0 radical (unpaired) electrons. The number of halogens is 2. The molecule has 2 aromatic heterocycles. The second-order valence-corrected chi connectivity index (χ2v) is 9.29. The van der Waals surface area contributed by atoms with E-state index in [4.69, 9.17) is 4.74 Å². The minimum Gasteiger partial charge on any atom is -0.457 e. The SMILES string of the molecule is Cc1cc(C)n(CCN(C(=O)c2ccc(Oc3ccccc3)cc2)c2nc3c(F)cc(F)cc3s2)n1. The van der Waals surface area contributed by atoms with Crippen molar-refractivity contribution in [2.45, 2.75) is 20.4 Å². The lowest BCUT2D eigenvalue weighted by atomic mass is 10.2. The molecule has 0 N–H and O–H groups in total. The Morgan fingerprint density at radius 1 is 1.00 bits per heavy atom. The summed E-state index contributed by atoms with van der Waals surface area (Å²) in [7, 11) is 0. The summed E-state index contributed by atoms with van der Waals surface area (Å²) < 4.78 is 36.1. The van der Waals surface area contributed by atoms with Crippen molar-refractivity contribution in [3.05, 3.63) is 101 Å². The molecule has 0 aliphatic rings. The number of hydrogen-bond acceptors (Lipinski definition) is 5. The van der Waals surface area contributed by atoms with Gasteiger partial charge in [-0.3, -0.25) is 14.4 Å². The highest BCUT2D eigenvalue weighted by atomic mass is 32.1. The number of carbonyl (C=O) groups excluding carboxylic acids is 1. The third-order valence-electron chi connectivity index (χ3n) is 5.60. The molecule has 0 atom stereocenters. The van der Waals surface area contributed by atoms with Gasteiger partial charge in [-0.1, -0.05) is 29.5 Å². The molecule has 5 rings (SSSR count). The summed E-state index contributed by atoms with van der Waals surface area (Å²) in [4.78, 5) is 19.4. The van der Waals surface area contributed by atoms with Crippen molar-refractivity contribution < 1.29 is 18.3 Å². The molecular formula is C27H22F2N4O2S. The molecule has 0 fully saturated rings. The Bertz CT molecular complexity index is 1530. The quantitative estimate of drug-likeness (QED) is 0.253. The van der Waals surface area contributed by atoms with Gasteiger partial charge < -0.3 is 4.74 Å². The number of rotatable bonds is 7. The second-order valence-electron chi connectivity index (χ2n) is 8.28. The summed E-state index contributed by atoms with van der Waals surface area (Å²) in [5, 5.41) is 4.75. The van der Waals surface area contributed by atoms with E-state index in [9.17, 15) is 13.6 Å². The fourth-order valence-corrected chi connectivity index (χ4v) is 4.92. The second kappa shape index (κ2) is 9.87. The highest BCUT2D eigenvalue weighted by Gasteiger charge is 2.23. The van der Waals surface area contributed by atoms with Crippen LogP contribution in [0.15, 0.2) is 72.8 Å². The number of ether oxygens (including phenoxy) is 1. The fourth-order valence-electron chi connectivity index (χ4n) is 3.89. The van der Waals surface area contributed by atoms with Crippen LogP contribution in [0.3, 0.4) is 0 Å². The van der Waals surface area contributed by atoms with Gasteiger partial charge in [0.25, 0.3) is 5.91 Å². The van der Waals surface area contributed by atoms with Crippen LogP contribution in [0.1, 0.15) is 21.7 Å². The smallest absolute Gasteiger partial charge is 0.260 e. The molecule has 0 bridgehead atoms. The Hall–Kier alpha value is -4.11. The summed E-state index contributed by atoms with van der Waals surface area (Å²) in [6, 6.07) is 20.1. The molecule has 0 spiro atoms. The molecule has 3 aromatic carbocycles. The number of aromatic nitrogens is 3. The van der Waals surface area contributed by atoms with E-state index in [-0.39, 0.29) is 23.1 Å². The zero-order valence-electron chi connectivity index (χ0n) is 19.6. The van der Waals surface area contributed by atoms with Crippen LogP contribution in [0, 0.1) is 25.5 Å². The number of nitrogens with zero attached hydrogens (tertiary/aromatic N) is 4. The molecule has 1 amide bonds. The predicted octanol–water partition coefficient (Wildman–Crippen LogP) is 6.53. The number of fused-ring (bicyclic) bond motifs is 1. The van der Waals surface area contributed by atoms with Crippen LogP contribution in [0.5, 0.6) is 11.5 Å². The maximum Gasteiger partial charge on any atom is 0.260 e. The average Bonchev–Trinajstić information content (AvgIpc) is 3.42. The Morgan fingerprint density at radius 3 is 2.42 bits per heavy atom. The minimum absolute atomic E-state index is 0.0342. The van der Waals surface area contributed by atoms with Crippen LogP contribution in [0.25, 0.3) is 10.2 Å². The monoisotopic (exact) mass is 504 g/mol. The Morgan fingerprint density at radius 2 is 1.72 bits per heavy atom. The molecule has 0 saturated carbocycles. The molecule has 9 heteroatoms. The Kier molecular flexibility index (Phi) is 6.47. The maximum atomic E-state index is 14.4. The number of amides is 1. The van der Waals surface area contributed by atoms with Gasteiger partial charge in [-0.05, 0) is 62.4 Å². The van der Waals surface area contributed by atoms with Gasteiger partial charge in [0.05, 0.1) is 16.9 Å². The van der Waals surface area contributed by atoms with Crippen LogP contribution in [-0.4, -0.2) is 27.2 Å². The van der Waals surface area contributed by atoms with E-state index < -0.39 is 11.6 Å². The normalized spacial score (nSPS) is 11.1. The average molecular weight is 505 g/mol. The van der Waals surface area contributed by atoms with Gasteiger partial charge in [0, 0.05) is 23.9 Å². The summed E-state index contributed by atoms with van der Waals surface area (Å²) in [5.74, 6) is -0.496. The molecule has 2 heterocycles. The van der Waals surface area contributed by atoms with Crippen LogP contribution >= 0.6 is 11.3 Å². The lowest BCUT2D eigenvalue weighted by molar-refractivity contribution is 0.0985. The van der Waals surface area contributed by atoms with Crippen molar-refractivity contribution in [3.63, 3.8) is 0 Å². The number of benzene rings is 3. The first kappa shape index (κ1) is 23.6. The number of hydrogen-bond donors (Lipinski definition) is 0. The number of anilines is 1. The number of carbonyl (C=O) groups is 1. The molecule has 6 nitrogen and oxygen atoms in total. The van der Waals surface area contributed by atoms with E-state index in [0.29, 0.717) is 28.3 Å².